The molecule has 0 aliphatic rings. The van der Waals surface area contributed by atoms with Crippen molar-refractivity contribution in [1.29, 1.82) is 0 Å². The van der Waals surface area contributed by atoms with Gasteiger partial charge in [-0.3, -0.25) is 10.1 Å². The predicted octanol–water partition coefficient (Wildman–Crippen LogP) is 3.34. The molecule has 0 aliphatic heterocycles. The van der Waals surface area contributed by atoms with Gasteiger partial charge in [0.25, 0.3) is 5.91 Å². The van der Waals surface area contributed by atoms with Crippen molar-refractivity contribution in [2.75, 3.05) is 17.2 Å². The van der Waals surface area contributed by atoms with E-state index in [9.17, 15) is 13.6 Å². The molecule has 2 N–H and O–H groups in total. The van der Waals surface area contributed by atoms with Crippen LogP contribution in [0, 0.1) is 18.6 Å². The number of anilines is 2. The summed E-state index contributed by atoms with van der Waals surface area (Å²) in [6.07, 6.45) is 2.08. The van der Waals surface area contributed by atoms with Crippen molar-refractivity contribution < 1.29 is 18.0 Å². The van der Waals surface area contributed by atoms with E-state index in [1.165, 1.54) is 6.26 Å². The lowest BCUT2D eigenvalue weighted by atomic mass is 10.1. The monoisotopic (exact) mass is 295 g/mol. The fraction of sp³-hybridized carbons (Fsp3) is 0.286. The van der Waals surface area contributed by atoms with Gasteiger partial charge >= 0.3 is 6.01 Å². The molecule has 0 aliphatic carbocycles. The summed E-state index contributed by atoms with van der Waals surface area (Å²) in [6, 6.07) is 1.91. The summed E-state index contributed by atoms with van der Waals surface area (Å²) in [5, 5.41) is 4.96. The second-order valence-electron chi connectivity index (χ2n) is 4.49. The van der Waals surface area contributed by atoms with Crippen LogP contribution in [-0.2, 0) is 0 Å². The van der Waals surface area contributed by atoms with Gasteiger partial charge in [0.2, 0.25) is 0 Å². The molecule has 1 heterocycles. The van der Waals surface area contributed by atoms with Gasteiger partial charge in [-0.15, -0.1) is 0 Å². The number of nitrogens with zero attached hydrogens (tertiary/aromatic N) is 1. The van der Waals surface area contributed by atoms with Gasteiger partial charge in [0.05, 0.1) is 5.69 Å². The van der Waals surface area contributed by atoms with Crippen LogP contribution < -0.4 is 10.6 Å². The molecule has 7 heteroatoms. The summed E-state index contributed by atoms with van der Waals surface area (Å²) >= 11 is 0. The summed E-state index contributed by atoms with van der Waals surface area (Å²) in [5.41, 5.74) is 0.199. The predicted molar refractivity (Wildman–Crippen MR) is 74.3 cm³/mol. The second kappa shape index (κ2) is 6.34. The molecule has 0 unspecified atom stereocenters. The number of aryl methyl sites for hydroxylation is 1. The summed E-state index contributed by atoms with van der Waals surface area (Å²) in [6.45, 7) is 4.00. The van der Waals surface area contributed by atoms with Crippen LogP contribution in [0.1, 0.15) is 29.4 Å². The first-order valence-electron chi connectivity index (χ1n) is 6.47. The Morgan fingerprint density at radius 2 is 2.00 bits per heavy atom. The number of carbonyl (C=O) groups is 1. The average Bonchev–Trinajstić information content (AvgIpc) is 2.83. The first-order chi connectivity index (χ1) is 10.0. The smallest absolute Gasteiger partial charge is 0.301 e. The molecule has 5 nitrogen and oxygen atoms in total. The molecule has 1 amide bonds. The zero-order valence-corrected chi connectivity index (χ0v) is 11.7. The normalized spacial score (nSPS) is 10.5. The molecule has 21 heavy (non-hydrogen) atoms. The molecule has 0 radical (unpaired) electrons. The van der Waals surface area contributed by atoms with Crippen LogP contribution in [0.4, 0.5) is 20.5 Å². The van der Waals surface area contributed by atoms with Crippen LogP contribution >= 0.6 is 0 Å². The van der Waals surface area contributed by atoms with Gasteiger partial charge in [0.15, 0.2) is 0 Å². The summed E-state index contributed by atoms with van der Waals surface area (Å²) in [5.74, 6) is -2.34. The lowest BCUT2D eigenvalue weighted by Crippen LogP contribution is -2.14. The van der Waals surface area contributed by atoms with Crippen LogP contribution in [0.25, 0.3) is 0 Å². The minimum absolute atomic E-state index is 0.0218. The van der Waals surface area contributed by atoms with Gasteiger partial charge < -0.3 is 9.73 Å². The zero-order chi connectivity index (χ0) is 15.4. The maximum absolute atomic E-state index is 13.8. The van der Waals surface area contributed by atoms with Gasteiger partial charge in [0, 0.05) is 12.1 Å². The van der Waals surface area contributed by atoms with Crippen molar-refractivity contribution in [3.8, 4) is 0 Å². The molecule has 1 aromatic heterocycles. The Kier molecular flexibility index (Phi) is 4.52. The average molecular weight is 295 g/mol. The molecule has 0 saturated heterocycles. The van der Waals surface area contributed by atoms with Crippen LogP contribution in [0.2, 0.25) is 0 Å². The lowest BCUT2D eigenvalue weighted by Gasteiger charge is -2.09. The molecule has 0 bridgehead atoms. The minimum atomic E-state index is -0.822. The van der Waals surface area contributed by atoms with Crippen molar-refractivity contribution in [3.63, 3.8) is 0 Å². The van der Waals surface area contributed by atoms with E-state index in [1.54, 1.807) is 6.92 Å². The molecule has 2 rings (SSSR count). The Labute approximate surface area is 120 Å². The quantitative estimate of drug-likeness (QED) is 0.887. The highest BCUT2D eigenvalue weighted by Gasteiger charge is 2.16. The maximum atomic E-state index is 13.8. The molecule has 0 atom stereocenters. The Morgan fingerprint density at radius 1 is 1.33 bits per heavy atom. The van der Waals surface area contributed by atoms with Crippen LogP contribution in [0.3, 0.4) is 0 Å². The Hall–Kier alpha value is -2.44. The van der Waals surface area contributed by atoms with Gasteiger partial charge in [-0.25, -0.2) is 8.78 Å². The zero-order valence-electron chi connectivity index (χ0n) is 11.7. The number of rotatable bonds is 5. The fourth-order valence-corrected chi connectivity index (χ4v) is 1.70. The number of nitrogens with one attached hydrogen (secondary N) is 2. The van der Waals surface area contributed by atoms with Crippen molar-refractivity contribution in [1.82, 2.24) is 4.98 Å². The van der Waals surface area contributed by atoms with E-state index in [1.807, 2.05) is 6.92 Å². The first kappa shape index (κ1) is 15.0. The van der Waals surface area contributed by atoms with Crippen molar-refractivity contribution in [3.05, 3.63) is 41.3 Å². The first-order valence-corrected chi connectivity index (χ1v) is 6.47. The highest BCUT2D eigenvalue weighted by atomic mass is 19.1. The van der Waals surface area contributed by atoms with Crippen LogP contribution in [-0.4, -0.2) is 17.4 Å². The Balaban J connectivity index is 2.18. The number of halogens is 2. The fourth-order valence-electron chi connectivity index (χ4n) is 1.70. The van der Waals surface area contributed by atoms with Crippen molar-refractivity contribution in [2.45, 2.75) is 20.3 Å². The van der Waals surface area contributed by atoms with Gasteiger partial charge in [-0.1, -0.05) is 6.92 Å². The summed E-state index contributed by atoms with van der Waals surface area (Å²) in [7, 11) is 0. The number of oxazole rings is 1. The highest BCUT2D eigenvalue weighted by Crippen LogP contribution is 2.21. The number of carbonyl (C=O) groups excluding carboxylic acids is 1. The molecule has 2 aromatic rings. The number of benzene rings is 1. The number of amides is 1. The number of hydrogen-bond donors (Lipinski definition) is 2. The van der Waals surface area contributed by atoms with Gasteiger partial charge in [0.1, 0.15) is 23.6 Å². The molecule has 0 spiro atoms. The van der Waals surface area contributed by atoms with Crippen molar-refractivity contribution in [2.24, 2.45) is 0 Å². The minimum Gasteiger partial charge on any atom is -0.432 e. The van der Waals surface area contributed by atoms with Crippen LogP contribution in [0.5, 0.6) is 0 Å². The second-order valence-corrected chi connectivity index (χ2v) is 4.49. The van der Waals surface area contributed by atoms with Crippen molar-refractivity contribution >= 4 is 17.6 Å². The number of aromatic nitrogens is 1. The third-order valence-electron chi connectivity index (χ3n) is 2.70. The van der Waals surface area contributed by atoms with Gasteiger partial charge in [-0.05, 0) is 25.5 Å². The van der Waals surface area contributed by atoms with E-state index in [2.05, 4.69) is 15.6 Å². The topological polar surface area (TPSA) is 67.2 Å². The Morgan fingerprint density at radius 3 is 2.52 bits per heavy atom. The van der Waals surface area contributed by atoms with E-state index in [-0.39, 0.29) is 17.3 Å². The molecule has 1 aromatic carbocycles. The molecule has 112 valence electrons. The molecule has 0 saturated carbocycles. The lowest BCUT2D eigenvalue weighted by molar-refractivity contribution is 0.102. The summed E-state index contributed by atoms with van der Waals surface area (Å²) in [4.78, 5) is 15.8. The summed E-state index contributed by atoms with van der Waals surface area (Å²) < 4.78 is 32.6. The van der Waals surface area contributed by atoms with Gasteiger partial charge in [-0.2, -0.15) is 4.98 Å². The van der Waals surface area contributed by atoms with Crippen LogP contribution in [0.15, 0.2) is 22.8 Å². The third-order valence-corrected chi connectivity index (χ3v) is 2.70. The van der Waals surface area contributed by atoms with E-state index < -0.39 is 17.5 Å². The molecular formula is C14H15F2N3O2. The standard InChI is InChI=1S/C14H15F2N3O2/c1-3-4-17-12-10(15)5-9(6-11(12)16)13(20)19-14-18-8(2)7-21-14/h5-7,17H,3-4H2,1-2H3,(H,18,19,20). The number of hydrogen-bond acceptors (Lipinski definition) is 4. The third kappa shape index (κ3) is 3.56. The largest absolute Gasteiger partial charge is 0.432 e. The molecular weight excluding hydrogens is 280 g/mol. The maximum Gasteiger partial charge on any atom is 0.301 e. The van der Waals surface area contributed by atoms with E-state index >= 15 is 0 Å². The SMILES string of the molecule is CCCNc1c(F)cc(C(=O)Nc2nc(C)co2)cc1F. The Bertz CT molecular complexity index is 632. The highest BCUT2D eigenvalue weighted by molar-refractivity contribution is 6.03. The van der Waals surface area contributed by atoms with E-state index in [4.69, 9.17) is 4.42 Å². The van der Waals surface area contributed by atoms with E-state index in [0.717, 1.165) is 18.6 Å². The molecule has 0 fully saturated rings. The van der Waals surface area contributed by atoms with E-state index in [0.29, 0.717) is 12.2 Å².